The Morgan fingerprint density at radius 2 is 2.11 bits per heavy atom. The van der Waals surface area contributed by atoms with Crippen LogP contribution in [0, 0.1) is 18.6 Å². The number of thiazole rings is 1. The molecule has 0 aliphatic heterocycles. The lowest BCUT2D eigenvalue weighted by molar-refractivity contribution is 0.504. The Kier molecular flexibility index (Phi) is 4.04. The summed E-state index contributed by atoms with van der Waals surface area (Å²) in [5.74, 6) is -1.62. The van der Waals surface area contributed by atoms with Crippen molar-refractivity contribution in [3.05, 3.63) is 51.5 Å². The van der Waals surface area contributed by atoms with Crippen LogP contribution >= 0.6 is 11.3 Å². The van der Waals surface area contributed by atoms with Crippen molar-refractivity contribution >= 4 is 11.3 Å². The van der Waals surface area contributed by atoms with Crippen LogP contribution in [-0.2, 0) is 6.42 Å². The van der Waals surface area contributed by atoms with Crippen LogP contribution in [0.15, 0.2) is 23.6 Å². The van der Waals surface area contributed by atoms with Crippen molar-refractivity contribution in [2.45, 2.75) is 19.4 Å². The number of aryl methyl sites for hydroxylation is 1. The SMILES string of the molecule is CNC(Cc1ccc(F)c(F)c1)c1csc(C)n1. The Hall–Kier alpha value is -1.33. The van der Waals surface area contributed by atoms with Crippen LogP contribution in [-0.4, -0.2) is 12.0 Å². The van der Waals surface area contributed by atoms with E-state index >= 15 is 0 Å². The number of hydrogen-bond acceptors (Lipinski definition) is 3. The van der Waals surface area contributed by atoms with E-state index in [0.717, 1.165) is 22.3 Å². The minimum Gasteiger partial charge on any atom is -0.311 e. The molecule has 2 rings (SSSR count). The molecule has 0 bridgehead atoms. The number of nitrogens with zero attached hydrogens (tertiary/aromatic N) is 1. The second-order valence-electron chi connectivity index (χ2n) is 4.09. The van der Waals surface area contributed by atoms with Gasteiger partial charge in [-0.2, -0.15) is 0 Å². The Morgan fingerprint density at radius 3 is 2.67 bits per heavy atom. The third-order valence-corrected chi connectivity index (χ3v) is 3.56. The first kappa shape index (κ1) is 13.1. The van der Waals surface area contributed by atoms with Crippen LogP contribution in [0.1, 0.15) is 22.3 Å². The standard InChI is InChI=1S/C13H14F2N2S/c1-8-17-13(7-18-8)12(16-2)6-9-3-4-10(14)11(15)5-9/h3-5,7,12,16H,6H2,1-2H3. The Labute approximate surface area is 109 Å². The highest BCUT2D eigenvalue weighted by Gasteiger charge is 2.14. The quantitative estimate of drug-likeness (QED) is 0.921. The van der Waals surface area contributed by atoms with E-state index in [1.165, 1.54) is 6.07 Å². The molecule has 2 aromatic rings. The van der Waals surface area contributed by atoms with Crippen LogP contribution in [0.25, 0.3) is 0 Å². The second-order valence-corrected chi connectivity index (χ2v) is 5.15. The maximum absolute atomic E-state index is 13.1. The van der Waals surface area contributed by atoms with E-state index in [-0.39, 0.29) is 6.04 Å². The van der Waals surface area contributed by atoms with Crippen molar-refractivity contribution in [1.82, 2.24) is 10.3 Å². The Balaban J connectivity index is 2.17. The van der Waals surface area contributed by atoms with Gasteiger partial charge in [-0.25, -0.2) is 13.8 Å². The molecule has 0 saturated heterocycles. The maximum Gasteiger partial charge on any atom is 0.159 e. The third-order valence-electron chi connectivity index (χ3n) is 2.77. The molecule has 5 heteroatoms. The summed E-state index contributed by atoms with van der Waals surface area (Å²) in [6.45, 7) is 1.94. The summed E-state index contributed by atoms with van der Waals surface area (Å²) in [7, 11) is 1.83. The molecule has 1 N–H and O–H groups in total. The molecule has 18 heavy (non-hydrogen) atoms. The number of aromatic nitrogens is 1. The van der Waals surface area contributed by atoms with Gasteiger partial charge in [-0.15, -0.1) is 11.3 Å². The predicted octanol–water partition coefficient (Wildman–Crippen LogP) is 3.23. The highest BCUT2D eigenvalue weighted by molar-refractivity contribution is 7.09. The summed E-state index contributed by atoms with van der Waals surface area (Å²) in [6.07, 6.45) is 0.580. The average molecular weight is 268 g/mol. The van der Waals surface area contributed by atoms with Crippen molar-refractivity contribution in [2.75, 3.05) is 7.05 Å². The first-order valence-corrected chi connectivity index (χ1v) is 6.51. The second kappa shape index (κ2) is 5.54. The van der Waals surface area contributed by atoms with Crippen molar-refractivity contribution in [1.29, 1.82) is 0 Å². The normalized spacial score (nSPS) is 12.7. The van der Waals surface area contributed by atoms with Gasteiger partial charge in [-0.05, 0) is 38.1 Å². The number of nitrogens with one attached hydrogen (secondary N) is 1. The van der Waals surface area contributed by atoms with E-state index in [2.05, 4.69) is 10.3 Å². The summed E-state index contributed by atoms with van der Waals surface area (Å²) >= 11 is 1.58. The molecule has 2 nitrogen and oxygen atoms in total. The molecule has 0 aliphatic rings. The Morgan fingerprint density at radius 1 is 1.33 bits per heavy atom. The lowest BCUT2D eigenvalue weighted by atomic mass is 10.0. The number of hydrogen-bond donors (Lipinski definition) is 1. The van der Waals surface area contributed by atoms with Gasteiger partial charge in [-0.1, -0.05) is 6.07 Å². The summed E-state index contributed by atoms with van der Waals surface area (Å²) in [4.78, 5) is 4.41. The molecule has 0 fully saturated rings. The van der Waals surface area contributed by atoms with Gasteiger partial charge in [0.1, 0.15) is 0 Å². The van der Waals surface area contributed by atoms with Crippen molar-refractivity contribution in [3.63, 3.8) is 0 Å². The van der Waals surface area contributed by atoms with Gasteiger partial charge < -0.3 is 5.32 Å². The lowest BCUT2D eigenvalue weighted by Gasteiger charge is -2.14. The zero-order valence-corrected chi connectivity index (χ0v) is 11.0. The van der Waals surface area contributed by atoms with E-state index in [1.54, 1.807) is 17.4 Å². The maximum atomic E-state index is 13.1. The topological polar surface area (TPSA) is 24.9 Å². The van der Waals surface area contributed by atoms with Crippen molar-refractivity contribution in [3.8, 4) is 0 Å². The zero-order chi connectivity index (χ0) is 13.1. The van der Waals surface area contributed by atoms with Crippen molar-refractivity contribution < 1.29 is 8.78 Å². The zero-order valence-electron chi connectivity index (χ0n) is 10.2. The molecule has 1 aromatic heterocycles. The van der Waals surface area contributed by atoms with E-state index < -0.39 is 11.6 Å². The molecule has 0 aliphatic carbocycles. The molecular formula is C13H14F2N2S. The molecule has 1 unspecified atom stereocenters. The molecule has 96 valence electrons. The summed E-state index contributed by atoms with van der Waals surface area (Å²) < 4.78 is 26.0. The molecule has 0 amide bonds. The molecular weight excluding hydrogens is 254 g/mol. The van der Waals surface area contributed by atoms with Crippen molar-refractivity contribution in [2.24, 2.45) is 0 Å². The van der Waals surface area contributed by atoms with Crippen LogP contribution < -0.4 is 5.32 Å². The number of halogens is 2. The summed E-state index contributed by atoms with van der Waals surface area (Å²) in [6, 6.07) is 4.00. The fourth-order valence-corrected chi connectivity index (χ4v) is 2.46. The highest BCUT2D eigenvalue weighted by atomic mass is 32.1. The molecule has 1 heterocycles. The number of benzene rings is 1. The smallest absolute Gasteiger partial charge is 0.159 e. The number of likely N-dealkylation sites (N-methyl/N-ethyl adjacent to an activating group) is 1. The molecule has 0 spiro atoms. The first-order valence-electron chi connectivity index (χ1n) is 5.63. The minimum absolute atomic E-state index is 0.0137. The van der Waals surface area contributed by atoms with Gasteiger partial charge >= 0.3 is 0 Å². The summed E-state index contributed by atoms with van der Waals surface area (Å²) in [5, 5.41) is 6.12. The molecule has 1 atom stereocenters. The van der Waals surface area contributed by atoms with E-state index in [0.29, 0.717) is 6.42 Å². The van der Waals surface area contributed by atoms with E-state index in [4.69, 9.17) is 0 Å². The van der Waals surface area contributed by atoms with Gasteiger partial charge in [-0.3, -0.25) is 0 Å². The van der Waals surface area contributed by atoms with Gasteiger partial charge in [0.2, 0.25) is 0 Å². The highest BCUT2D eigenvalue weighted by Crippen LogP contribution is 2.21. The third kappa shape index (κ3) is 2.91. The molecule has 0 saturated carbocycles. The van der Waals surface area contributed by atoms with Gasteiger partial charge in [0.05, 0.1) is 16.7 Å². The molecule has 0 radical (unpaired) electrons. The van der Waals surface area contributed by atoms with E-state index in [9.17, 15) is 8.78 Å². The molecule has 1 aromatic carbocycles. The predicted molar refractivity (Wildman–Crippen MR) is 68.7 cm³/mol. The van der Waals surface area contributed by atoms with Gasteiger partial charge in [0, 0.05) is 5.38 Å². The average Bonchev–Trinajstić information content (AvgIpc) is 2.77. The van der Waals surface area contributed by atoms with Crippen LogP contribution in [0.5, 0.6) is 0 Å². The van der Waals surface area contributed by atoms with Crippen LogP contribution in [0.4, 0.5) is 8.78 Å². The van der Waals surface area contributed by atoms with E-state index in [1.807, 2.05) is 19.4 Å². The Bertz CT molecular complexity index is 540. The number of rotatable bonds is 4. The fraction of sp³-hybridized carbons (Fsp3) is 0.308. The first-order chi connectivity index (χ1) is 8.60. The van der Waals surface area contributed by atoms with Gasteiger partial charge in [0.25, 0.3) is 0 Å². The fourth-order valence-electron chi connectivity index (χ4n) is 1.80. The van der Waals surface area contributed by atoms with Crippen LogP contribution in [0.2, 0.25) is 0 Å². The minimum atomic E-state index is -0.815. The largest absolute Gasteiger partial charge is 0.311 e. The monoisotopic (exact) mass is 268 g/mol. The lowest BCUT2D eigenvalue weighted by Crippen LogP contribution is -2.19. The summed E-state index contributed by atoms with van der Waals surface area (Å²) in [5.41, 5.74) is 1.68. The van der Waals surface area contributed by atoms with Gasteiger partial charge in [0.15, 0.2) is 11.6 Å². The van der Waals surface area contributed by atoms with Crippen LogP contribution in [0.3, 0.4) is 0 Å².